The lowest BCUT2D eigenvalue weighted by Gasteiger charge is -2.36. The average molecular weight is 394 g/mol. The molecule has 0 aliphatic carbocycles. The van der Waals surface area contributed by atoms with Crippen LogP contribution < -0.4 is 9.64 Å². The molecule has 3 aromatic rings. The first-order valence-electron chi connectivity index (χ1n) is 9.17. The highest BCUT2D eigenvalue weighted by molar-refractivity contribution is 6.30. The summed E-state index contributed by atoms with van der Waals surface area (Å²) >= 11 is 6.08. The van der Waals surface area contributed by atoms with Gasteiger partial charge in [-0.15, -0.1) is 0 Å². The molecular formula is C22H20ClN3O2. The smallest absolute Gasteiger partial charge is 0.253 e. The first-order valence-corrected chi connectivity index (χ1v) is 9.54. The molecule has 142 valence electrons. The van der Waals surface area contributed by atoms with Gasteiger partial charge in [-0.1, -0.05) is 17.7 Å². The number of ether oxygens (including phenoxy) is 1. The van der Waals surface area contributed by atoms with Crippen molar-refractivity contribution in [2.45, 2.75) is 0 Å². The van der Waals surface area contributed by atoms with E-state index in [1.54, 1.807) is 24.5 Å². The summed E-state index contributed by atoms with van der Waals surface area (Å²) in [5.74, 6) is 1.38. The Morgan fingerprint density at radius 2 is 1.71 bits per heavy atom. The Hall–Kier alpha value is -3.05. The fraction of sp³-hybridized carbons (Fsp3) is 0.182. The minimum absolute atomic E-state index is 0.0404. The number of hydrogen-bond acceptors (Lipinski definition) is 4. The topological polar surface area (TPSA) is 45.7 Å². The van der Waals surface area contributed by atoms with Crippen LogP contribution in [0.2, 0.25) is 5.02 Å². The number of aromatic nitrogens is 1. The molecule has 0 bridgehead atoms. The summed E-state index contributed by atoms with van der Waals surface area (Å²) in [7, 11) is 0. The molecule has 0 atom stereocenters. The fourth-order valence-electron chi connectivity index (χ4n) is 3.23. The highest BCUT2D eigenvalue weighted by atomic mass is 35.5. The van der Waals surface area contributed by atoms with Crippen molar-refractivity contribution in [1.29, 1.82) is 0 Å². The molecule has 2 aromatic carbocycles. The van der Waals surface area contributed by atoms with Gasteiger partial charge in [0, 0.05) is 48.6 Å². The third-order valence-electron chi connectivity index (χ3n) is 4.71. The molecule has 2 heterocycles. The second kappa shape index (κ2) is 8.31. The van der Waals surface area contributed by atoms with E-state index in [-0.39, 0.29) is 5.91 Å². The number of hydrogen-bond donors (Lipinski definition) is 0. The first kappa shape index (κ1) is 18.3. The molecule has 28 heavy (non-hydrogen) atoms. The summed E-state index contributed by atoms with van der Waals surface area (Å²) < 4.78 is 5.73. The number of anilines is 1. The Morgan fingerprint density at radius 1 is 0.929 bits per heavy atom. The molecule has 5 nitrogen and oxygen atoms in total. The third kappa shape index (κ3) is 4.26. The van der Waals surface area contributed by atoms with Crippen LogP contribution in [0.4, 0.5) is 5.69 Å². The van der Waals surface area contributed by atoms with Crippen LogP contribution in [-0.4, -0.2) is 42.0 Å². The molecule has 1 saturated heterocycles. The van der Waals surface area contributed by atoms with E-state index in [1.807, 2.05) is 53.4 Å². The van der Waals surface area contributed by atoms with Gasteiger partial charge in [-0.05, 0) is 54.6 Å². The zero-order chi connectivity index (χ0) is 19.3. The Bertz CT molecular complexity index is 940. The lowest BCUT2D eigenvalue weighted by molar-refractivity contribution is 0.0747. The number of rotatable bonds is 4. The number of nitrogens with zero attached hydrogens (tertiary/aromatic N) is 3. The van der Waals surface area contributed by atoms with E-state index in [0.717, 1.165) is 23.8 Å². The maximum absolute atomic E-state index is 12.8. The summed E-state index contributed by atoms with van der Waals surface area (Å²) in [6, 6.07) is 18.7. The highest BCUT2D eigenvalue weighted by Crippen LogP contribution is 2.23. The number of pyridine rings is 1. The number of halogens is 1. The summed E-state index contributed by atoms with van der Waals surface area (Å²) in [4.78, 5) is 21.0. The molecule has 0 radical (unpaired) electrons. The SMILES string of the molecule is O=C(c1ccc(Oc2cccnc2)cc1)N1CCN(c2cccc(Cl)c2)CC1. The Balaban J connectivity index is 1.36. The summed E-state index contributed by atoms with van der Waals surface area (Å²) in [5, 5.41) is 0.726. The van der Waals surface area contributed by atoms with E-state index in [2.05, 4.69) is 9.88 Å². The van der Waals surface area contributed by atoms with Gasteiger partial charge in [0.2, 0.25) is 0 Å². The number of amides is 1. The van der Waals surface area contributed by atoms with E-state index in [4.69, 9.17) is 16.3 Å². The summed E-state index contributed by atoms with van der Waals surface area (Å²) in [6.45, 7) is 2.93. The van der Waals surface area contributed by atoms with Gasteiger partial charge in [-0.2, -0.15) is 0 Å². The minimum atomic E-state index is 0.0404. The van der Waals surface area contributed by atoms with E-state index in [0.29, 0.717) is 30.2 Å². The van der Waals surface area contributed by atoms with Crippen molar-refractivity contribution in [2.24, 2.45) is 0 Å². The lowest BCUT2D eigenvalue weighted by Crippen LogP contribution is -2.48. The molecule has 6 heteroatoms. The van der Waals surface area contributed by atoms with Gasteiger partial charge in [0.25, 0.3) is 5.91 Å². The standard InChI is InChI=1S/C22H20ClN3O2/c23-18-3-1-4-19(15-18)25-11-13-26(14-12-25)22(27)17-6-8-20(9-7-17)28-21-5-2-10-24-16-21/h1-10,15-16H,11-14H2. The van der Waals surface area contributed by atoms with Crippen LogP contribution in [0.1, 0.15) is 10.4 Å². The average Bonchev–Trinajstić information content (AvgIpc) is 2.75. The Morgan fingerprint density at radius 3 is 2.39 bits per heavy atom. The molecule has 1 amide bonds. The molecular weight excluding hydrogens is 374 g/mol. The first-order chi connectivity index (χ1) is 13.7. The number of piperazine rings is 1. The largest absolute Gasteiger partial charge is 0.456 e. The number of benzene rings is 2. The van der Waals surface area contributed by atoms with Crippen LogP contribution >= 0.6 is 11.6 Å². The second-order valence-electron chi connectivity index (χ2n) is 6.57. The van der Waals surface area contributed by atoms with Crippen LogP contribution in [-0.2, 0) is 0 Å². The van der Waals surface area contributed by atoms with Gasteiger partial charge < -0.3 is 14.5 Å². The second-order valence-corrected chi connectivity index (χ2v) is 7.01. The number of carbonyl (C=O) groups excluding carboxylic acids is 1. The van der Waals surface area contributed by atoms with E-state index in [1.165, 1.54) is 0 Å². The molecule has 0 spiro atoms. The molecule has 4 rings (SSSR count). The summed E-state index contributed by atoms with van der Waals surface area (Å²) in [6.07, 6.45) is 3.35. The normalized spacial score (nSPS) is 14.0. The van der Waals surface area contributed by atoms with Crippen molar-refractivity contribution in [3.05, 3.63) is 83.6 Å². The minimum Gasteiger partial charge on any atom is -0.456 e. The van der Waals surface area contributed by atoms with E-state index >= 15 is 0 Å². The molecule has 1 fully saturated rings. The van der Waals surface area contributed by atoms with Crippen molar-refractivity contribution < 1.29 is 9.53 Å². The third-order valence-corrected chi connectivity index (χ3v) is 4.95. The van der Waals surface area contributed by atoms with Gasteiger partial charge in [-0.3, -0.25) is 9.78 Å². The maximum atomic E-state index is 12.8. The van der Waals surface area contributed by atoms with Crippen molar-refractivity contribution in [1.82, 2.24) is 9.88 Å². The molecule has 1 aliphatic rings. The zero-order valence-electron chi connectivity index (χ0n) is 15.3. The molecule has 1 aliphatic heterocycles. The maximum Gasteiger partial charge on any atom is 0.253 e. The quantitative estimate of drug-likeness (QED) is 0.655. The van der Waals surface area contributed by atoms with Gasteiger partial charge >= 0.3 is 0 Å². The number of carbonyl (C=O) groups is 1. The lowest BCUT2D eigenvalue weighted by atomic mass is 10.1. The Labute approximate surface area is 169 Å². The predicted octanol–water partition coefficient (Wildman–Crippen LogP) is 4.49. The zero-order valence-corrected chi connectivity index (χ0v) is 16.0. The highest BCUT2D eigenvalue weighted by Gasteiger charge is 2.22. The van der Waals surface area contributed by atoms with Crippen molar-refractivity contribution in [3.8, 4) is 11.5 Å². The van der Waals surface area contributed by atoms with Crippen LogP contribution in [0.25, 0.3) is 0 Å². The van der Waals surface area contributed by atoms with Crippen LogP contribution in [0, 0.1) is 0 Å². The van der Waals surface area contributed by atoms with Crippen LogP contribution in [0.5, 0.6) is 11.5 Å². The molecule has 0 saturated carbocycles. The Kier molecular flexibility index (Phi) is 5.44. The van der Waals surface area contributed by atoms with Crippen molar-refractivity contribution in [2.75, 3.05) is 31.1 Å². The predicted molar refractivity (Wildman–Crippen MR) is 110 cm³/mol. The van der Waals surface area contributed by atoms with Gasteiger partial charge in [0.15, 0.2) is 0 Å². The fourth-order valence-corrected chi connectivity index (χ4v) is 3.42. The van der Waals surface area contributed by atoms with Crippen LogP contribution in [0.15, 0.2) is 73.1 Å². The molecule has 0 unspecified atom stereocenters. The van der Waals surface area contributed by atoms with Crippen LogP contribution in [0.3, 0.4) is 0 Å². The monoisotopic (exact) mass is 393 g/mol. The molecule has 1 aromatic heterocycles. The summed E-state index contributed by atoms with van der Waals surface area (Å²) in [5.41, 5.74) is 1.76. The molecule has 0 N–H and O–H groups in total. The van der Waals surface area contributed by atoms with Gasteiger partial charge in [0.1, 0.15) is 11.5 Å². The van der Waals surface area contributed by atoms with E-state index < -0.39 is 0 Å². The van der Waals surface area contributed by atoms with Crippen molar-refractivity contribution in [3.63, 3.8) is 0 Å². The van der Waals surface area contributed by atoms with Crippen molar-refractivity contribution >= 4 is 23.2 Å². The van der Waals surface area contributed by atoms with E-state index in [9.17, 15) is 4.79 Å². The van der Waals surface area contributed by atoms with Gasteiger partial charge in [0.05, 0.1) is 6.20 Å². The van der Waals surface area contributed by atoms with Gasteiger partial charge in [-0.25, -0.2) is 0 Å².